The average molecular weight is 605 g/mol. The highest BCUT2D eigenvalue weighted by Gasteiger charge is 2.35. The molecule has 38 heavy (non-hydrogen) atoms. The van der Waals surface area contributed by atoms with Crippen LogP contribution in [-0.4, -0.2) is 64.2 Å². The van der Waals surface area contributed by atoms with Gasteiger partial charge in [-0.15, -0.1) is 0 Å². The number of alkyl halides is 1. The predicted molar refractivity (Wildman–Crippen MR) is 142 cm³/mol. The summed E-state index contributed by atoms with van der Waals surface area (Å²) in [6.45, 7) is 0.876. The van der Waals surface area contributed by atoms with E-state index in [1.807, 2.05) is 0 Å². The predicted octanol–water partition coefficient (Wildman–Crippen LogP) is 5.67. The number of carboxylic acid groups (broad SMARTS) is 2. The van der Waals surface area contributed by atoms with E-state index < -0.39 is 24.0 Å². The zero-order valence-corrected chi connectivity index (χ0v) is 23.1. The summed E-state index contributed by atoms with van der Waals surface area (Å²) in [7, 11) is 0. The van der Waals surface area contributed by atoms with E-state index in [1.165, 1.54) is 0 Å². The van der Waals surface area contributed by atoms with E-state index in [0.29, 0.717) is 38.8 Å². The molecule has 0 amide bonds. The fourth-order valence-electron chi connectivity index (χ4n) is 2.91. The van der Waals surface area contributed by atoms with Gasteiger partial charge in [0.25, 0.3) is 0 Å². The lowest BCUT2D eigenvalue weighted by molar-refractivity contribution is -0.157. The SMILES string of the molecule is O=C(O)CCCCCBr.[N-]=[N+]=NCCCCCC(=O)O.[N-]=[N+]=NCCCCCC(=O)OC1C(=O)CCC1=O. The molecular weight excluding hydrogens is 568 g/mol. The summed E-state index contributed by atoms with van der Waals surface area (Å²) >= 11 is 3.27. The third-order valence-corrected chi connectivity index (χ3v) is 5.45. The Bertz CT molecular complexity index is 809. The van der Waals surface area contributed by atoms with Crippen molar-refractivity contribution in [2.24, 2.45) is 10.2 Å². The Hall–Kier alpha value is -3.15. The number of carbonyl (C=O) groups excluding carboxylic acids is 3. The summed E-state index contributed by atoms with van der Waals surface area (Å²) in [6.07, 6.45) is 7.04. The Labute approximate surface area is 229 Å². The highest BCUT2D eigenvalue weighted by molar-refractivity contribution is 9.09. The number of azide groups is 2. The highest BCUT2D eigenvalue weighted by atomic mass is 79.9. The maximum Gasteiger partial charge on any atom is 0.306 e. The molecule has 1 aliphatic carbocycles. The molecule has 0 saturated heterocycles. The number of nitrogens with zero attached hydrogens (tertiary/aromatic N) is 6. The van der Waals surface area contributed by atoms with Crippen LogP contribution in [0.4, 0.5) is 0 Å². The van der Waals surface area contributed by atoms with E-state index in [0.717, 1.165) is 43.9 Å². The van der Waals surface area contributed by atoms with Gasteiger partial charge in [0.05, 0.1) is 0 Å². The van der Waals surface area contributed by atoms with Gasteiger partial charge in [0.15, 0.2) is 11.6 Å². The smallest absolute Gasteiger partial charge is 0.306 e. The van der Waals surface area contributed by atoms with Crippen molar-refractivity contribution >= 4 is 45.4 Å². The number of esters is 1. The normalized spacial score (nSPS) is 12.1. The monoisotopic (exact) mass is 604 g/mol. The van der Waals surface area contributed by atoms with Crippen LogP contribution < -0.4 is 0 Å². The minimum atomic E-state index is -1.17. The maximum absolute atomic E-state index is 11.4. The second kappa shape index (κ2) is 26.9. The van der Waals surface area contributed by atoms with Crippen LogP contribution in [0.5, 0.6) is 0 Å². The molecule has 0 radical (unpaired) electrons. The molecule has 0 spiro atoms. The summed E-state index contributed by atoms with van der Waals surface area (Å²) in [4.78, 5) is 59.0. The third-order valence-electron chi connectivity index (χ3n) is 4.89. The van der Waals surface area contributed by atoms with Crippen LogP contribution in [-0.2, 0) is 28.7 Å². The van der Waals surface area contributed by atoms with Crippen molar-refractivity contribution in [3.63, 3.8) is 0 Å². The van der Waals surface area contributed by atoms with Gasteiger partial charge in [-0.3, -0.25) is 24.0 Å². The number of hydrogen-bond acceptors (Lipinski definition) is 8. The molecule has 0 atom stereocenters. The van der Waals surface area contributed by atoms with Gasteiger partial charge in [0, 0.05) is 60.3 Å². The molecule has 2 N–H and O–H groups in total. The van der Waals surface area contributed by atoms with Gasteiger partial charge < -0.3 is 14.9 Å². The molecule has 1 saturated carbocycles. The first-order valence-corrected chi connectivity index (χ1v) is 13.6. The second-order valence-electron chi connectivity index (χ2n) is 8.12. The zero-order chi connectivity index (χ0) is 29.0. The van der Waals surface area contributed by atoms with E-state index in [9.17, 15) is 24.0 Å². The summed E-state index contributed by atoms with van der Waals surface area (Å²) < 4.78 is 4.84. The van der Waals surface area contributed by atoms with Crippen molar-refractivity contribution < 1.29 is 38.9 Å². The van der Waals surface area contributed by atoms with Gasteiger partial charge in [0.1, 0.15) is 0 Å². The number of hydrogen-bond donors (Lipinski definition) is 2. The molecular formula is C23H37BrN6O8. The summed E-state index contributed by atoms with van der Waals surface area (Å²) in [5, 5.41) is 24.1. The van der Waals surface area contributed by atoms with E-state index in [2.05, 4.69) is 36.0 Å². The lowest BCUT2D eigenvalue weighted by Gasteiger charge is -2.08. The number of aliphatic carboxylic acids is 2. The summed E-state index contributed by atoms with van der Waals surface area (Å²) in [5.74, 6) is -2.60. The number of carbonyl (C=O) groups is 5. The first kappa shape index (κ1) is 37.0. The molecule has 0 bridgehead atoms. The summed E-state index contributed by atoms with van der Waals surface area (Å²) in [6, 6.07) is 0. The van der Waals surface area contributed by atoms with Crippen molar-refractivity contribution in [2.75, 3.05) is 18.4 Å². The second-order valence-corrected chi connectivity index (χ2v) is 8.91. The van der Waals surface area contributed by atoms with Crippen LogP contribution in [0.25, 0.3) is 20.9 Å². The Morgan fingerprint density at radius 2 is 1.18 bits per heavy atom. The molecule has 0 aromatic heterocycles. The van der Waals surface area contributed by atoms with Gasteiger partial charge in [0.2, 0.25) is 6.10 Å². The third kappa shape index (κ3) is 25.9. The number of carboxylic acids is 2. The van der Waals surface area contributed by atoms with Crippen LogP contribution >= 0.6 is 15.9 Å². The number of Topliss-reactive ketones (excluding diaryl/α,β-unsaturated/α-hetero) is 2. The zero-order valence-electron chi connectivity index (χ0n) is 21.5. The molecule has 0 aromatic carbocycles. The van der Waals surface area contributed by atoms with E-state index in [-0.39, 0.29) is 37.2 Å². The van der Waals surface area contributed by atoms with Crippen LogP contribution in [0.1, 0.15) is 89.9 Å². The molecule has 1 aliphatic rings. The first-order valence-electron chi connectivity index (χ1n) is 12.5. The van der Waals surface area contributed by atoms with Gasteiger partial charge in [-0.1, -0.05) is 45.4 Å². The molecule has 14 nitrogen and oxygen atoms in total. The van der Waals surface area contributed by atoms with E-state index >= 15 is 0 Å². The molecule has 0 aliphatic heterocycles. The first-order chi connectivity index (χ1) is 18.2. The molecule has 0 heterocycles. The molecule has 0 aromatic rings. The van der Waals surface area contributed by atoms with Gasteiger partial charge in [-0.05, 0) is 49.6 Å². The van der Waals surface area contributed by atoms with Crippen molar-refractivity contribution in [3.8, 4) is 0 Å². The summed E-state index contributed by atoms with van der Waals surface area (Å²) in [5.41, 5.74) is 15.9. The number of rotatable bonds is 18. The Morgan fingerprint density at radius 1 is 0.763 bits per heavy atom. The van der Waals surface area contributed by atoms with Crippen molar-refractivity contribution in [1.29, 1.82) is 0 Å². The number of unbranched alkanes of at least 4 members (excludes halogenated alkanes) is 6. The average Bonchev–Trinajstić information content (AvgIpc) is 3.18. The fourth-order valence-corrected chi connectivity index (χ4v) is 3.31. The lowest BCUT2D eigenvalue weighted by atomic mass is 10.2. The van der Waals surface area contributed by atoms with Crippen molar-refractivity contribution in [1.82, 2.24) is 0 Å². The van der Waals surface area contributed by atoms with Crippen LogP contribution in [0.3, 0.4) is 0 Å². The number of halogens is 1. The lowest BCUT2D eigenvalue weighted by Crippen LogP contribution is -2.28. The number of ether oxygens (including phenoxy) is 1. The van der Waals surface area contributed by atoms with E-state index in [1.54, 1.807) is 0 Å². The van der Waals surface area contributed by atoms with Crippen LogP contribution in [0, 0.1) is 0 Å². The molecule has 1 fully saturated rings. The largest absolute Gasteiger partial charge is 0.481 e. The van der Waals surface area contributed by atoms with Crippen LogP contribution in [0.2, 0.25) is 0 Å². The fraction of sp³-hybridized carbons (Fsp3) is 0.783. The van der Waals surface area contributed by atoms with Crippen molar-refractivity contribution in [3.05, 3.63) is 20.9 Å². The van der Waals surface area contributed by atoms with Gasteiger partial charge >= 0.3 is 17.9 Å². The quantitative estimate of drug-likeness (QED) is 0.0375. The number of ketones is 2. The van der Waals surface area contributed by atoms with Crippen molar-refractivity contribution in [2.45, 2.75) is 96.0 Å². The van der Waals surface area contributed by atoms with Crippen LogP contribution in [0.15, 0.2) is 10.2 Å². The molecule has 15 heteroatoms. The Balaban J connectivity index is 0. The van der Waals surface area contributed by atoms with Gasteiger partial charge in [-0.2, -0.15) is 0 Å². The minimum absolute atomic E-state index is 0.170. The van der Waals surface area contributed by atoms with E-state index in [4.69, 9.17) is 26.0 Å². The molecule has 214 valence electrons. The minimum Gasteiger partial charge on any atom is -0.481 e. The standard InChI is InChI=1S/C11H15N3O4.C6H11BrO2.C6H11N3O2/c12-14-13-7-3-1-2-4-10(17)18-11-8(15)5-6-9(11)16;7-5-3-1-2-4-6(8)9;7-9-8-5-3-1-2-4-6(10)11/h11H,1-7H2;1-5H2,(H,8,9);1-5H2,(H,10,11). The molecule has 1 rings (SSSR count). The Kier molecular flexibility index (Phi) is 26.2. The highest BCUT2D eigenvalue weighted by Crippen LogP contribution is 2.15. The maximum atomic E-state index is 11.4. The Morgan fingerprint density at radius 3 is 1.58 bits per heavy atom. The molecule has 0 unspecified atom stereocenters. The topological polar surface area (TPSA) is 233 Å². The van der Waals surface area contributed by atoms with Gasteiger partial charge in [-0.25, -0.2) is 0 Å².